The fourth-order valence-electron chi connectivity index (χ4n) is 2.80. The van der Waals surface area contributed by atoms with Gasteiger partial charge in [-0.1, -0.05) is 64.1 Å². The molecule has 0 fully saturated rings. The number of alkyl halides is 3. The molecule has 4 heteroatoms. The van der Waals surface area contributed by atoms with Crippen molar-refractivity contribution in [2.24, 2.45) is 0 Å². The van der Waals surface area contributed by atoms with Crippen molar-refractivity contribution >= 4 is 10.0 Å². The van der Waals surface area contributed by atoms with Crippen LogP contribution in [0.25, 0.3) is 0 Å². The largest absolute Gasteiger partial charge is 0.437 e. The van der Waals surface area contributed by atoms with Crippen LogP contribution in [0.3, 0.4) is 0 Å². The first kappa shape index (κ1) is 16.7. The van der Waals surface area contributed by atoms with E-state index in [9.17, 15) is 13.2 Å². The van der Waals surface area contributed by atoms with E-state index in [1.807, 2.05) is 6.92 Å². The molecule has 0 radical (unpaired) electrons. The molecule has 124 valence electrons. The Kier molecular flexibility index (Phi) is 4.41. The molecule has 0 aliphatic rings. The van der Waals surface area contributed by atoms with Gasteiger partial charge < -0.3 is 0 Å². The van der Waals surface area contributed by atoms with Crippen LogP contribution in [-0.4, -0.2) is 5.51 Å². The summed E-state index contributed by atoms with van der Waals surface area (Å²) >= 11 is 0. The first-order chi connectivity index (χ1) is 11.5. The van der Waals surface area contributed by atoms with Gasteiger partial charge in [-0.25, -0.2) is 0 Å². The van der Waals surface area contributed by atoms with E-state index < -0.39 is 15.5 Å². The van der Waals surface area contributed by atoms with Crippen LogP contribution in [-0.2, 0) is 0 Å². The van der Waals surface area contributed by atoms with E-state index >= 15 is 0 Å². The van der Waals surface area contributed by atoms with E-state index in [0.717, 1.165) is 5.56 Å². The Morgan fingerprint density at radius 1 is 0.583 bits per heavy atom. The molecule has 3 rings (SSSR count). The Balaban J connectivity index is 2.40. The molecule has 0 aliphatic heterocycles. The molecule has 0 unspecified atom stereocenters. The number of benzene rings is 3. The molecule has 3 aromatic carbocycles. The third kappa shape index (κ3) is 2.71. The van der Waals surface area contributed by atoms with Crippen LogP contribution in [0.5, 0.6) is 0 Å². The second kappa shape index (κ2) is 6.36. The Bertz CT molecular complexity index is 754. The summed E-state index contributed by atoms with van der Waals surface area (Å²) in [4.78, 5) is 0.901. The van der Waals surface area contributed by atoms with Crippen molar-refractivity contribution < 1.29 is 13.2 Å². The lowest BCUT2D eigenvalue weighted by molar-refractivity contribution is -0.0386. The van der Waals surface area contributed by atoms with Gasteiger partial charge in [-0.15, -0.1) is 0 Å². The molecular formula is C20H17F3S. The minimum atomic E-state index is -4.40. The first-order valence-corrected chi connectivity index (χ1v) is 9.16. The number of hydrogen-bond acceptors (Lipinski definition) is 0. The van der Waals surface area contributed by atoms with Crippen LogP contribution in [0.2, 0.25) is 0 Å². The topological polar surface area (TPSA) is 0 Å². The fourth-order valence-corrected chi connectivity index (χ4v) is 6.09. The molecule has 0 aromatic heterocycles. The summed E-state index contributed by atoms with van der Waals surface area (Å²) < 4.78 is 43.7. The van der Waals surface area contributed by atoms with E-state index in [4.69, 9.17) is 0 Å². The summed E-state index contributed by atoms with van der Waals surface area (Å²) in [6, 6.07) is 23.2. The summed E-state index contributed by atoms with van der Waals surface area (Å²) in [7, 11) is -3.37. The predicted molar refractivity (Wildman–Crippen MR) is 92.5 cm³/mol. The Morgan fingerprint density at radius 3 is 1.33 bits per heavy atom. The van der Waals surface area contributed by atoms with Crippen molar-refractivity contribution in [3.63, 3.8) is 0 Å². The standard InChI is InChI=1S/C20H17F3S/c1-16-12-14-19(15-13-16)24(20(21,22)23,17-8-4-2-5-9-17)18-10-6-3-7-11-18/h2-15H,1H3. The van der Waals surface area contributed by atoms with Gasteiger partial charge in [0.15, 0.2) is 0 Å². The molecule has 0 aliphatic carbocycles. The SMILES string of the molecule is Cc1ccc(S(c2ccccc2)(c2ccccc2)C(F)(F)F)cc1. The summed E-state index contributed by atoms with van der Waals surface area (Å²) in [6.07, 6.45) is 0. The predicted octanol–water partition coefficient (Wildman–Crippen LogP) is 6.80. The van der Waals surface area contributed by atoms with Crippen LogP contribution in [0.4, 0.5) is 13.2 Å². The highest BCUT2D eigenvalue weighted by Gasteiger charge is 2.53. The highest BCUT2D eigenvalue weighted by Crippen LogP contribution is 2.77. The highest BCUT2D eigenvalue weighted by molar-refractivity contribution is 8.34. The lowest BCUT2D eigenvalue weighted by Gasteiger charge is -2.42. The van der Waals surface area contributed by atoms with Gasteiger partial charge in [0, 0.05) is 14.7 Å². The highest BCUT2D eigenvalue weighted by atomic mass is 32.3. The molecule has 3 aromatic rings. The van der Waals surface area contributed by atoms with Crippen LogP contribution < -0.4 is 0 Å². The summed E-state index contributed by atoms with van der Waals surface area (Å²) in [5.74, 6) is 0. The number of halogens is 3. The van der Waals surface area contributed by atoms with E-state index in [2.05, 4.69) is 0 Å². The van der Waals surface area contributed by atoms with Gasteiger partial charge in [-0.05, 0) is 43.3 Å². The van der Waals surface area contributed by atoms with Gasteiger partial charge in [0.05, 0.1) is 0 Å². The average Bonchev–Trinajstić information content (AvgIpc) is 2.58. The third-order valence-corrected chi connectivity index (χ3v) is 7.55. The van der Waals surface area contributed by atoms with Gasteiger partial charge in [0.25, 0.3) is 0 Å². The van der Waals surface area contributed by atoms with Crippen molar-refractivity contribution in [3.8, 4) is 0 Å². The normalized spacial score (nSPS) is 12.8. The van der Waals surface area contributed by atoms with Crippen molar-refractivity contribution in [1.29, 1.82) is 0 Å². The van der Waals surface area contributed by atoms with Gasteiger partial charge >= 0.3 is 5.51 Å². The van der Waals surface area contributed by atoms with Crippen LogP contribution in [0.1, 0.15) is 5.56 Å². The van der Waals surface area contributed by atoms with Gasteiger partial charge in [-0.2, -0.15) is 13.2 Å². The zero-order chi connectivity index (χ0) is 17.2. The Hall–Kier alpha value is -2.20. The van der Waals surface area contributed by atoms with Crippen molar-refractivity contribution in [2.45, 2.75) is 27.1 Å². The van der Waals surface area contributed by atoms with Crippen molar-refractivity contribution in [2.75, 3.05) is 0 Å². The Morgan fingerprint density at radius 2 is 0.958 bits per heavy atom. The molecule has 0 saturated heterocycles. The van der Waals surface area contributed by atoms with Crippen LogP contribution in [0, 0.1) is 6.92 Å². The molecule has 0 saturated carbocycles. The van der Waals surface area contributed by atoms with Crippen molar-refractivity contribution in [1.82, 2.24) is 0 Å². The summed E-state index contributed by atoms with van der Waals surface area (Å²) in [5, 5.41) is 0. The zero-order valence-corrected chi connectivity index (χ0v) is 13.9. The lowest BCUT2D eigenvalue weighted by Crippen LogP contribution is -2.22. The smallest absolute Gasteiger partial charge is 0.161 e. The number of aryl methyl sites for hydroxylation is 1. The number of rotatable bonds is 3. The fraction of sp³-hybridized carbons (Fsp3) is 0.100. The second-order valence-corrected chi connectivity index (χ2v) is 8.60. The van der Waals surface area contributed by atoms with Gasteiger partial charge in [-0.3, -0.25) is 0 Å². The van der Waals surface area contributed by atoms with Crippen LogP contribution >= 0.6 is 10.0 Å². The van der Waals surface area contributed by atoms with E-state index in [0.29, 0.717) is 14.7 Å². The molecular weight excluding hydrogens is 329 g/mol. The Labute approximate surface area is 141 Å². The second-order valence-electron chi connectivity index (χ2n) is 5.50. The molecule has 0 nitrogen and oxygen atoms in total. The maximum absolute atomic E-state index is 14.6. The third-order valence-electron chi connectivity index (χ3n) is 3.92. The van der Waals surface area contributed by atoms with Gasteiger partial charge in [0.2, 0.25) is 0 Å². The molecule has 24 heavy (non-hydrogen) atoms. The lowest BCUT2D eigenvalue weighted by atomic mass is 10.2. The minimum absolute atomic E-state index is 0.299. The summed E-state index contributed by atoms with van der Waals surface area (Å²) in [5.41, 5.74) is -3.46. The maximum atomic E-state index is 14.6. The van der Waals surface area contributed by atoms with Crippen molar-refractivity contribution in [3.05, 3.63) is 90.5 Å². The van der Waals surface area contributed by atoms with Gasteiger partial charge in [0.1, 0.15) is 0 Å². The average molecular weight is 346 g/mol. The minimum Gasteiger partial charge on any atom is -0.161 e. The van der Waals surface area contributed by atoms with E-state index in [-0.39, 0.29) is 0 Å². The van der Waals surface area contributed by atoms with E-state index in [1.54, 1.807) is 84.9 Å². The monoisotopic (exact) mass is 346 g/mol. The van der Waals surface area contributed by atoms with E-state index in [1.165, 1.54) is 0 Å². The molecule has 0 amide bonds. The number of hydrogen-bond donors (Lipinski definition) is 0. The summed E-state index contributed by atoms with van der Waals surface area (Å²) in [6.45, 7) is 1.87. The molecule has 0 spiro atoms. The van der Waals surface area contributed by atoms with Crippen LogP contribution in [0.15, 0.2) is 99.6 Å². The quantitative estimate of drug-likeness (QED) is 0.489. The molecule has 0 N–H and O–H groups in total. The maximum Gasteiger partial charge on any atom is 0.437 e. The molecule has 0 bridgehead atoms. The zero-order valence-electron chi connectivity index (χ0n) is 13.1. The first-order valence-electron chi connectivity index (χ1n) is 7.53. The molecule has 0 atom stereocenters. The molecule has 0 heterocycles.